The Balaban J connectivity index is 1.70. The molecule has 3 fully saturated rings. The van der Waals surface area contributed by atoms with Gasteiger partial charge in [0.15, 0.2) is 0 Å². The third-order valence-electron chi connectivity index (χ3n) is 6.90. The van der Waals surface area contributed by atoms with Crippen LogP contribution in [0.15, 0.2) is 30.3 Å². The molecule has 1 aromatic carbocycles. The van der Waals surface area contributed by atoms with Crippen molar-refractivity contribution >= 4 is 6.09 Å². The second-order valence-corrected chi connectivity index (χ2v) is 9.98. The number of carbonyl (C=O) groups excluding carboxylic acids is 1. The smallest absolute Gasteiger partial charge is 0.410 e. The summed E-state index contributed by atoms with van der Waals surface area (Å²) in [5.41, 5.74) is 0.981. The number of fused-ring (bicyclic) bond motifs is 1. The zero-order valence-corrected chi connectivity index (χ0v) is 17.2. The quantitative estimate of drug-likeness (QED) is 0.832. The molecule has 4 heteroatoms. The zero-order chi connectivity index (χ0) is 19.2. The Morgan fingerprint density at radius 3 is 2.63 bits per heavy atom. The molecular weight excluding hydrogens is 336 g/mol. The number of piperidine rings is 1. The van der Waals surface area contributed by atoms with Gasteiger partial charge < -0.3 is 10.1 Å². The van der Waals surface area contributed by atoms with Crippen molar-refractivity contribution in [1.82, 2.24) is 10.2 Å². The summed E-state index contributed by atoms with van der Waals surface area (Å²) >= 11 is 0. The molecule has 2 heterocycles. The van der Waals surface area contributed by atoms with E-state index in [1.54, 1.807) is 0 Å². The molecule has 4 rings (SSSR count). The minimum absolute atomic E-state index is 0.131. The van der Waals surface area contributed by atoms with Crippen molar-refractivity contribution in [1.29, 1.82) is 0 Å². The van der Waals surface area contributed by atoms with E-state index in [9.17, 15) is 4.79 Å². The minimum Gasteiger partial charge on any atom is -0.444 e. The Kier molecular flexibility index (Phi) is 4.74. The fourth-order valence-corrected chi connectivity index (χ4v) is 5.72. The van der Waals surface area contributed by atoms with Gasteiger partial charge in [0.25, 0.3) is 0 Å². The third-order valence-corrected chi connectivity index (χ3v) is 6.90. The standard InChI is InChI=1S/C23H34N2O2/c1-22(2,3)27-21(26)25-18(14-16-10-6-5-7-11-16)17-15-23(4)19(24-17)12-8-9-13-20(23)25/h5-7,10-11,17-20,24H,8-9,12-15H2,1-4H3/t17-,18-,19-,20+,23-/m0/s1. The predicted molar refractivity (Wildman–Crippen MR) is 108 cm³/mol. The molecule has 2 saturated heterocycles. The molecular formula is C23H34N2O2. The molecule has 1 aromatic rings. The van der Waals surface area contributed by atoms with E-state index in [-0.39, 0.29) is 23.6 Å². The topological polar surface area (TPSA) is 41.6 Å². The molecule has 3 aliphatic rings. The highest BCUT2D eigenvalue weighted by Gasteiger charge is 2.59. The highest BCUT2D eigenvalue weighted by molar-refractivity contribution is 5.70. The molecule has 1 amide bonds. The van der Waals surface area contributed by atoms with Crippen molar-refractivity contribution in [2.45, 2.75) is 96.0 Å². The molecule has 0 unspecified atom stereocenters. The lowest BCUT2D eigenvalue weighted by molar-refractivity contribution is -0.0354. The number of ether oxygens (including phenoxy) is 1. The van der Waals surface area contributed by atoms with Crippen molar-refractivity contribution in [3.05, 3.63) is 35.9 Å². The number of rotatable bonds is 2. The molecule has 1 saturated carbocycles. The van der Waals surface area contributed by atoms with Gasteiger partial charge in [-0.1, -0.05) is 50.1 Å². The molecule has 2 bridgehead atoms. The van der Waals surface area contributed by atoms with Gasteiger partial charge in [-0.25, -0.2) is 4.79 Å². The van der Waals surface area contributed by atoms with Crippen LogP contribution in [-0.4, -0.2) is 40.8 Å². The number of likely N-dealkylation sites (tertiary alicyclic amines) is 1. The van der Waals surface area contributed by atoms with Crippen LogP contribution in [0, 0.1) is 5.41 Å². The Labute approximate surface area is 163 Å². The lowest BCUT2D eigenvalue weighted by Crippen LogP contribution is -2.62. The first kappa shape index (κ1) is 18.8. The van der Waals surface area contributed by atoms with E-state index in [0.29, 0.717) is 12.1 Å². The van der Waals surface area contributed by atoms with Crippen molar-refractivity contribution in [3.63, 3.8) is 0 Å². The van der Waals surface area contributed by atoms with E-state index in [1.165, 1.54) is 31.2 Å². The summed E-state index contributed by atoms with van der Waals surface area (Å²) in [5, 5.41) is 3.93. The van der Waals surface area contributed by atoms with Crippen LogP contribution in [0.4, 0.5) is 4.79 Å². The second kappa shape index (κ2) is 6.80. The van der Waals surface area contributed by atoms with E-state index in [4.69, 9.17) is 4.74 Å². The first-order chi connectivity index (χ1) is 12.8. The van der Waals surface area contributed by atoms with Crippen LogP contribution in [0.1, 0.15) is 65.4 Å². The summed E-state index contributed by atoms with van der Waals surface area (Å²) in [6, 6.07) is 11.9. The van der Waals surface area contributed by atoms with Crippen molar-refractivity contribution < 1.29 is 9.53 Å². The summed E-state index contributed by atoms with van der Waals surface area (Å²) < 4.78 is 5.91. The number of hydrogen-bond donors (Lipinski definition) is 1. The van der Waals surface area contributed by atoms with Crippen LogP contribution in [-0.2, 0) is 11.2 Å². The lowest BCUT2D eigenvalue weighted by atomic mass is 9.69. The molecule has 2 aliphatic heterocycles. The Morgan fingerprint density at radius 1 is 1.22 bits per heavy atom. The van der Waals surface area contributed by atoms with Gasteiger partial charge in [-0.15, -0.1) is 0 Å². The van der Waals surface area contributed by atoms with E-state index in [2.05, 4.69) is 47.5 Å². The molecule has 1 aliphatic carbocycles. The van der Waals surface area contributed by atoms with Crippen LogP contribution < -0.4 is 5.32 Å². The summed E-state index contributed by atoms with van der Waals surface area (Å²) in [6.07, 6.45) is 6.68. The highest BCUT2D eigenvalue weighted by Crippen LogP contribution is 2.51. The van der Waals surface area contributed by atoms with Crippen LogP contribution in [0.2, 0.25) is 0 Å². The van der Waals surface area contributed by atoms with E-state index in [0.717, 1.165) is 12.8 Å². The van der Waals surface area contributed by atoms with E-state index in [1.807, 2.05) is 20.8 Å². The maximum atomic E-state index is 13.4. The van der Waals surface area contributed by atoms with Gasteiger partial charge in [0.1, 0.15) is 5.60 Å². The summed E-state index contributed by atoms with van der Waals surface area (Å²) in [5.74, 6) is 0. The largest absolute Gasteiger partial charge is 0.444 e. The maximum Gasteiger partial charge on any atom is 0.410 e. The Bertz CT molecular complexity index is 683. The average Bonchev–Trinajstić information content (AvgIpc) is 2.80. The lowest BCUT2D eigenvalue weighted by Gasteiger charge is -2.50. The van der Waals surface area contributed by atoms with Gasteiger partial charge in [-0.05, 0) is 52.0 Å². The molecule has 148 valence electrons. The van der Waals surface area contributed by atoms with Crippen molar-refractivity contribution in [2.75, 3.05) is 0 Å². The van der Waals surface area contributed by atoms with Crippen LogP contribution in [0.5, 0.6) is 0 Å². The van der Waals surface area contributed by atoms with Crippen molar-refractivity contribution in [3.8, 4) is 0 Å². The molecule has 27 heavy (non-hydrogen) atoms. The number of carbonyl (C=O) groups is 1. The second-order valence-electron chi connectivity index (χ2n) is 9.98. The molecule has 1 N–H and O–H groups in total. The van der Waals surface area contributed by atoms with Gasteiger partial charge in [-0.2, -0.15) is 0 Å². The van der Waals surface area contributed by atoms with E-state index < -0.39 is 5.60 Å². The first-order valence-electron chi connectivity index (χ1n) is 10.6. The monoisotopic (exact) mass is 370 g/mol. The third kappa shape index (κ3) is 3.49. The average molecular weight is 371 g/mol. The summed E-state index contributed by atoms with van der Waals surface area (Å²) in [6.45, 7) is 8.29. The van der Waals surface area contributed by atoms with Crippen LogP contribution in [0.3, 0.4) is 0 Å². The molecule has 5 atom stereocenters. The molecule has 4 nitrogen and oxygen atoms in total. The van der Waals surface area contributed by atoms with E-state index >= 15 is 0 Å². The fraction of sp³-hybridized carbons (Fsp3) is 0.696. The normalized spacial score (nSPS) is 35.6. The predicted octanol–water partition coefficient (Wildman–Crippen LogP) is 4.53. The summed E-state index contributed by atoms with van der Waals surface area (Å²) in [4.78, 5) is 15.5. The fourth-order valence-electron chi connectivity index (χ4n) is 5.72. The molecule has 0 spiro atoms. The van der Waals surface area contributed by atoms with Gasteiger partial charge in [0.2, 0.25) is 0 Å². The Morgan fingerprint density at radius 2 is 1.93 bits per heavy atom. The number of amides is 1. The molecule has 0 aromatic heterocycles. The zero-order valence-electron chi connectivity index (χ0n) is 17.2. The number of hydrogen-bond acceptors (Lipinski definition) is 3. The van der Waals surface area contributed by atoms with Gasteiger partial charge in [0, 0.05) is 23.5 Å². The SMILES string of the molecule is CC(C)(C)OC(=O)N1[C@@H](Cc2ccccc2)[C@@H]2C[C@@]3(C)[C@H](CCCC[C@@H]13)N2. The Hall–Kier alpha value is -1.55. The van der Waals surface area contributed by atoms with Crippen molar-refractivity contribution in [2.24, 2.45) is 5.41 Å². The summed E-state index contributed by atoms with van der Waals surface area (Å²) in [7, 11) is 0. The number of benzene rings is 1. The van der Waals surface area contributed by atoms with Gasteiger partial charge in [0.05, 0.1) is 6.04 Å². The van der Waals surface area contributed by atoms with Crippen LogP contribution in [0.25, 0.3) is 0 Å². The first-order valence-corrected chi connectivity index (χ1v) is 10.6. The number of nitrogens with zero attached hydrogens (tertiary/aromatic N) is 1. The maximum absolute atomic E-state index is 13.4. The highest BCUT2D eigenvalue weighted by atomic mass is 16.6. The molecule has 0 radical (unpaired) electrons. The van der Waals surface area contributed by atoms with Gasteiger partial charge in [-0.3, -0.25) is 4.90 Å². The van der Waals surface area contributed by atoms with Gasteiger partial charge >= 0.3 is 6.09 Å². The van der Waals surface area contributed by atoms with Crippen LogP contribution >= 0.6 is 0 Å². The minimum atomic E-state index is -0.469. The number of nitrogens with one attached hydrogen (secondary N) is 1.